The fraction of sp³-hybridized carbons (Fsp3) is 0.333. The van der Waals surface area contributed by atoms with Crippen molar-refractivity contribution in [3.05, 3.63) is 36.1 Å². The largest absolute Gasteiger partial charge is 0.481 e. The third-order valence-electron chi connectivity index (χ3n) is 3.91. The van der Waals surface area contributed by atoms with Gasteiger partial charge in [-0.25, -0.2) is 0 Å². The lowest BCUT2D eigenvalue weighted by molar-refractivity contribution is -0.152. The Morgan fingerprint density at radius 2 is 2.05 bits per heavy atom. The molecule has 104 valence electrons. The van der Waals surface area contributed by atoms with E-state index >= 15 is 0 Å². The van der Waals surface area contributed by atoms with E-state index in [0.717, 1.165) is 16.5 Å². The van der Waals surface area contributed by atoms with Crippen molar-refractivity contribution in [3.63, 3.8) is 0 Å². The molecule has 0 bridgehead atoms. The van der Waals surface area contributed by atoms with Gasteiger partial charge in [-0.15, -0.1) is 0 Å². The van der Waals surface area contributed by atoms with Gasteiger partial charge in [0.05, 0.1) is 18.1 Å². The number of hydrogen-bond donors (Lipinski definition) is 2. The van der Waals surface area contributed by atoms with Gasteiger partial charge in [-0.2, -0.15) is 0 Å². The van der Waals surface area contributed by atoms with E-state index < -0.39 is 11.9 Å². The molecular formula is C15H15NO4. The third-order valence-corrected chi connectivity index (χ3v) is 3.91. The molecule has 1 heterocycles. The Morgan fingerprint density at radius 3 is 2.75 bits per heavy atom. The maximum atomic E-state index is 11.9. The first-order valence-corrected chi connectivity index (χ1v) is 6.62. The number of carbonyl (C=O) groups excluding carboxylic acids is 1. The predicted molar refractivity (Wildman–Crippen MR) is 71.9 cm³/mol. The molecule has 0 saturated heterocycles. The summed E-state index contributed by atoms with van der Waals surface area (Å²) in [5, 5.41) is 12.7. The van der Waals surface area contributed by atoms with Crippen LogP contribution < -0.4 is 5.32 Å². The predicted octanol–water partition coefficient (Wildman–Crippen LogP) is 2.16. The summed E-state index contributed by atoms with van der Waals surface area (Å²) in [5.41, 5.74) is 1.78. The summed E-state index contributed by atoms with van der Waals surface area (Å²) in [7, 11) is 0. The topological polar surface area (TPSA) is 79.5 Å². The molecule has 0 spiro atoms. The Morgan fingerprint density at radius 1 is 1.25 bits per heavy atom. The number of benzene rings is 1. The SMILES string of the molecule is O=C(O)[C@H]1CC[C@H]1C(=O)NCc1ccc2occc2c1. The van der Waals surface area contributed by atoms with Crippen LogP contribution in [0.15, 0.2) is 34.9 Å². The molecule has 1 aromatic carbocycles. The number of carboxylic acids is 1. The highest BCUT2D eigenvalue weighted by Gasteiger charge is 2.41. The molecule has 2 atom stereocenters. The Labute approximate surface area is 115 Å². The lowest BCUT2D eigenvalue weighted by Gasteiger charge is -2.31. The number of nitrogens with one attached hydrogen (secondary N) is 1. The van der Waals surface area contributed by atoms with Crippen molar-refractivity contribution in [3.8, 4) is 0 Å². The first-order chi connectivity index (χ1) is 9.65. The molecule has 0 unspecified atom stereocenters. The second-order valence-corrected chi connectivity index (χ2v) is 5.14. The van der Waals surface area contributed by atoms with E-state index in [2.05, 4.69) is 5.32 Å². The number of carboxylic acid groups (broad SMARTS) is 1. The number of hydrogen-bond acceptors (Lipinski definition) is 3. The lowest BCUT2D eigenvalue weighted by Crippen LogP contribution is -2.43. The molecule has 5 nitrogen and oxygen atoms in total. The van der Waals surface area contributed by atoms with Crippen LogP contribution in [0, 0.1) is 11.8 Å². The Bertz CT molecular complexity index is 661. The Kier molecular flexibility index (Phi) is 3.18. The summed E-state index contributed by atoms with van der Waals surface area (Å²) in [4.78, 5) is 22.8. The first-order valence-electron chi connectivity index (χ1n) is 6.62. The second-order valence-electron chi connectivity index (χ2n) is 5.14. The van der Waals surface area contributed by atoms with Gasteiger partial charge in [-0.3, -0.25) is 9.59 Å². The molecule has 3 rings (SSSR count). The van der Waals surface area contributed by atoms with Crippen molar-refractivity contribution in [1.29, 1.82) is 0 Å². The van der Waals surface area contributed by atoms with Gasteiger partial charge in [0, 0.05) is 11.9 Å². The normalized spacial score (nSPS) is 21.4. The number of rotatable bonds is 4. The minimum Gasteiger partial charge on any atom is -0.481 e. The highest BCUT2D eigenvalue weighted by Crippen LogP contribution is 2.34. The number of carbonyl (C=O) groups is 2. The van der Waals surface area contributed by atoms with Gasteiger partial charge < -0.3 is 14.8 Å². The van der Waals surface area contributed by atoms with E-state index in [1.54, 1.807) is 6.26 Å². The molecule has 1 fully saturated rings. The van der Waals surface area contributed by atoms with E-state index in [9.17, 15) is 9.59 Å². The van der Waals surface area contributed by atoms with E-state index in [1.165, 1.54) is 0 Å². The molecule has 2 aromatic rings. The van der Waals surface area contributed by atoms with Crippen LogP contribution in [0.4, 0.5) is 0 Å². The van der Waals surface area contributed by atoms with Gasteiger partial charge in [-0.05, 0) is 36.6 Å². The van der Waals surface area contributed by atoms with Gasteiger partial charge in [0.1, 0.15) is 5.58 Å². The van der Waals surface area contributed by atoms with Crippen molar-refractivity contribution in [2.45, 2.75) is 19.4 Å². The van der Waals surface area contributed by atoms with Crippen LogP contribution in [0.1, 0.15) is 18.4 Å². The zero-order valence-corrected chi connectivity index (χ0v) is 10.8. The maximum absolute atomic E-state index is 11.9. The maximum Gasteiger partial charge on any atom is 0.307 e. The lowest BCUT2D eigenvalue weighted by atomic mass is 9.73. The highest BCUT2D eigenvalue weighted by atomic mass is 16.4. The van der Waals surface area contributed by atoms with Crippen molar-refractivity contribution in [1.82, 2.24) is 5.32 Å². The summed E-state index contributed by atoms with van der Waals surface area (Å²) < 4.78 is 5.25. The van der Waals surface area contributed by atoms with E-state index in [1.807, 2.05) is 24.3 Å². The van der Waals surface area contributed by atoms with Gasteiger partial charge in [0.2, 0.25) is 5.91 Å². The third kappa shape index (κ3) is 2.27. The second kappa shape index (κ2) is 5.00. The van der Waals surface area contributed by atoms with E-state index in [4.69, 9.17) is 9.52 Å². The summed E-state index contributed by atoms with van der Waals surface area (Å²) in [6.45, 7) is 0.406. The molecule has 0 radical (unpaired) electrons. The molecule has 2 N–H and O–H groups in total. The van der Waals surface area contributed by atoms with E-state index in [-0.39, 0.29) is 11.8 Å². The highest BCUT2D eigenvalue weighted by molar-refractivity contribution is 5.86. The summed E-state index contributed by atoms with van der Waals surface area (Å²) >= 11 is 0. The molecule has 1 aromatic heterocycles. The fourth-order valence-electron chi connectivity index (χ4n) is 2.56. The number of aliphatic carboxylic acids is 1. The van der Waals surface area contributed by atoms with Gasteiger partial charge >= 0.3 is 5.97 Å². The average Bonchev–Trinajstić information content (AvgIpc) is 2.81. The van der Waals surface area contributed by atoms with Crippen LogP contribution in [0.5, 0.6) is 0 Å². The number of furan rings is 1. The van der Waals surface area contributed by atoms with Crippen LogP contribution in [-0.4, -0.2) is 17.0 Å². The average molecular weight is 273 g/mol. The molecule has 1 amide bonds. The molecule has 5 heteroatoms. The van der Waals surface area contributed by atoms with Crippen molar-refractivity contribution < 1.29 is 19.1 Å². The van der Waals surface area contributed by atoms with Gasteiger partial charge in [0.15, 0.2) is 0 Å². The Hall–Kier alpha value is -2.30. The van der Waals surface area contributed by atoms with Gasteiger partial charge in [-0.1, -0.05) is 6.07 Å². The molecule has 1 aliphatic rings. The van der Waals surface area contributed by atoms with Crippen molar-refractivity contribution in [2.75, 3.05) is 0 Å². The van der Waals surface area contributed by atoms with Crippen LogP contribution in [0.25, 0.3) is 11.0 Å². The number of fused-ring (bicyclic) bond motifs is 1. The van der Waals surface area contributed by atoms with Crippen LogP contribution in [0.2, 0.25) is 0 Å². The zero-order valence-electron chi connectivity index (χ0n) is 10.8. The molecule has 1 saturated carbocycles. The van der Waals surface area contributed by atoms with Crippen molar-refractivity contribution >= 4 is 22.8 Å². The molecule has 1 aliphatic carbocycles. The van der Waals surface area contributed by atoms with Crippen molar-refractivity contribution in [2.24, 2.45) is 11.8 Å². The smallest absolute Gasteiger partial charge is 0.307 e. The van der Waals surface area contributed by atoms with E-state index in [0.29, 0.717) is 19.4 Å². The van der Waals surface area contributed by atoms with Crippen LogP contribution >= 0.6 is 0 Å². The first kappa shape index (κ1) is 12.7. The summed E-state index contributed by atoms with van der Waals surface area (Å²) in [6.07, 6.45) is 2.87. The monoisotopic (exact) mass is 273 g/mol. The van der Waals surface area contributed by atoms with Crippen LogP contribution in [-0.2, 0) is 16.1 Å². The fourth-order valence-corrected chi connectivity index (χ4v) is 2.56. The number of amides is 1. The molecular weight excluding hydrogens is 258 g/mol. The molecule has 0 aliphatic heterocycles. The molecule has 20 heavy (non-hydrogen) atoms. The standard InChI is InChI=1S/C15H15NO4/c17-14(11-2-3-12(11)15(18)19)16-8-9-1-4-13-10(7-9)5-6-20-13/h1,4-7,11-12H,2-3,8H2,(H,16,17)(H,18,19)/t11-,12+/m1/s1. The summed E-state index contributed by atoms with van der Waals surface area (Å²) in [6, 6.07) is 7.57. The summed E-state index contributed by atoms with van der Waals surface area (Å²) in [5.74, 6) is -1.95. The Balaban J connectivity index is 1.61. The minimum atomic E-state index is -0.879. The quantitative estimate of drug-likeness (QED) is 0.894. The van der Waals surface area contributed by atoms with Gasteiger partial charge in [0.25, 0.3) is 0 Å². The minimum absolute atomic E-state index is 0.170. The van der Waals surface area contributed by atoms with Crippen LogP contribution in [0.3, 0.4) is 0 Å². The zero-order chi connectivity index (χ0) is 14.1.